The molecule has 1 aromatic heterocycles. The number of nitrogens with zero attached hydrogens (tertiary/aromatic N) is 3. The van der Waals surface area contributed by atoms with E-state index in [0.29, 0.717) is 32.2 Å². The van der Waals surface area contributed by atoms with Crippen LogP contribution in [0.3, 0.4) is 0 Å². The number of morpholine rings is 1. The van der Waals surface area contributed by atoms with Crippen LogP contribution in [0.5, 0.6) is 0 Å². The molecule has 1 saturated carbocycles. The molecule has 3 aliphatic rings. The van der Waals surface area contributed by atoms with E-state index in [-0.39, 0.29) is 11.6 Å². The van der Waals surface area contributed by atoms with Gasteiger partial charge in [-0.15, -0.1) is 0 Å². The van der Waals surface area contributed by atoms with E-state index in [9.17, 15) is 4.79 Å². The van der Waals surface area contributed by atoms with Gasteiger partial charge in [0.2, 0.25) is 0 Å². The highest BCUT2D eigenvalue weighted by molar-refractivity contribution is 5.89. The van der Waals surface area contributed by atoms with Crippen LogP contribution in [-0.4, -0.2) is 48.8 Å². The van der Waals surface area contributed by atoms with Gasteiger partial charge in [0, 0.05) is 36.4 Å². The maximum absolute atomic E-state index is 11.8. The summed E-state index contributed by atoms with van der Waals surface area (Å²) < 4.78 is 11.9. The van der Waals surface area contributed by atoms with Gasteiger partial charge in [0.15, 0.2) is 5.82 Å². The Hall–Kier alpha value is -2.71. The van der Waals surface area contributed by atoms with Crippen molar-refractivity contribution in [1.29, 1.82) is 0 Å². The zero-order valence-corrected chi connectivity index (χ0v) is 18.8. The van der Waals surface area contributed by atoms with Gasteiger partial charge in [0.25, 0.3) is 0 Å². The minimum absolute atomic E-state index is 0.211. The van der Waals surface area contributed by atoms with Gasteiger partial charge in [-0.3, -0.25) is 0 Å². The van der Waals surface area contributed by atoms with Crippen LogP contribution in [0.15, 0.2) is 24.3 Å². The number of hydrogen-bond donors (Lipinski definition) is 2. The standard InChI is InChI=1S/C24H31N5O3/c1-3-25-23(30)26-18-8-6-17(7-9-18)21-27-20-19(15-32-24(20,2)14-16-4-5-16)22(28-21)29-10-12-31-13-11-29/h6-9,16H,3-5,10-15H2,1-2H3,(H2,25,26,30). The van der Waals surface area contributed by atoms with Crippen molar-refractivity contribution in [3.8, 4) is 11.4 Å². The van der Waals surface area contributed by atoms with Gasteiger partial charge >= 0.3 is 6.03 Å². The number of aromatic nitrogens is 2. The van der Waals surface area contributed by atoms with Crippen LogP contribution in [0.4, 0.5) is 16.3 Å². The van der Waals surface area contributed by atoms with Crippen LogP contribution >= 0.6 is 0 Å². The zero-order chi connectivity index (χ0) is 22.1. The molecule has 5 rings (SSSR count). The van der Waals surface area contributed by atoms with Crippen LogP contribution in [0.25, 0.3) is 11.4 Å². The Balaban J connectivity index is 1.49. The summed E-state index contributed by atoms with van der Waals surface area (Å²) in [6, 6.07) is 7.47. The molecule has 1 aliphatic carbocycles. The molecule has 1 atom stereocenters. The summed E-state index contributed by atoms with van der Waals surface area (Å²) in [4.78, 5) is 24.1. The van der Waals surface area contributed by atoms with Crippen molar-refractivity contribution in [2.75, 3.05) is 43.1 Å². The number of carbonyl (C=O) groups is 1. The van der Waals surface area contributed by atoms with Crippen molar-refractivity contribution in [2.45, 2.75) is 45.3 Å². The van der Waals surface area contributed by atoms with Crippen molar-refractivity contribution >= 4 is 17.5 Å². The Morgan fingerprint density at radius 2 is 1.94 bits per heavy atom. The molecule has 0 radical (unpaired) electrons. The first-order valence-electron chi connectivity index (χ1n) is 11.6. The Morgan fingerprint density at radius 3 is 2.62 bits per heavy atom. The van der Waals surface area contributed by atoms with E-state index >= 15 is 0 Å². The molecule has 0 spiro atoms. The second kappa shape index (κ2) is 8.67. The van der Waals surface area contributed by atoms with Gasteiger partial charge in [0.1, 0.15) is 11.4 Å². The number of rotatable bonds is 6. The first-order chi connectivity index (χ1) is 15.6. The first-order valence-corrected chi connectivity index (χ1v) is 11.6. The van der Waals surface area contributed by atoms with Crippen molar-refractivity contribution in [3.05, 3.63) is 35.5 Å². The lowest BCUT2D eigenvalue weighted by atomic mass is 9.93. The Labute approximate surface area is 188 Å². The Kier molecular flexibility index (Phi) is 5.73. The highest BCUT2D eigenvalue weighted by Crippen LogP contribution is 2.48. The third kappa shape index (κ3) is 4.29. The zero-order valence-electron chi connectivity index (χ0n) is 18.8. The summed E-state index contributed by atoms with van der Waals surface area (Å²) >= 11 is 0. The fourth-order valence-corrected chi connectivity index (χ4v) is 4.57. The molecule has 8 nitrogen and oxygen atoms in total. The normalized spacial score (nSPS) is 22.5. The maximum Gasteiger partial charge on any atom is 0.319 e. The minimum Gasteiger partial charge on any atom is -0.378 e. The topological polar surface area (TPSA) is 88.6 Å². The number of ether oxygens (including phenoxy) is 2. The van der Waals surface area contributed by atoms with Crippen molar-refractivity contribution < 1.29 is 14.3 Å². The fraction of sp³-hybridized carbons (Fsp3) is 0.542. The molecule has 1 saturated heterocycles. The molecule has 3 heterocycles. The Morgan fingerprint density at radius 1 is 1.19 bits per heavy atom. The van der Waals surface area contributed by atoms with Gasteiger partial charge < -0.3 is 25.0 Å². The molecule has 2 aliphatic heterocycles. The second-order valence-electron chi connectivity index (χ2n) is 9.03. The number of anilines is 2. The molecular formula is C24H31N5O3. The van der Waals surface area contributed by atoms with Crippen LogP contribution in [0, 0.1) is 5.92 Å². The van der Waals surface area contributed by atoms with Crippen molar-refractivity contribution in [2.24, 2.45) is 5.92 Å². The van der Waals surface area contributed by atoms with E-state index in [2.05, 4.69) is 22.5 Å². The lowest BCUT2D eigenvalue weighted by Crippen LogP contribution is -2.37. The molecule has 170 valence electrons. The summed E-state index contributed by atoms with van der Waals surface area (Å²) in [5.74, 6) is 2.40. The number of hydrogen-bond acceptors (Lipinski definition) is 6. The smallest absolute Gasteiger partial charge is 0.319 e. The van der Waals surface area contributed by atoms with Gasteiger partial charge in [-0.1, -0.05) is 12.8 Å². The van der Waals surface area contributed by atoms with Gasteiger partial charge in [-0.25, -0.2) is 14.8 Å². The van der Waals surface area contributed by atoms with Gasteiger partial charge in [-0.05, 0) is 50.5 Å². The van der Waals surface area contributed by atoms with Gasteiger partial charge in [-0.2, -0.15) is 0 Å². The highest BCUT2D eigenvalue weighted by atomic mass is 16.5. The van der Waals surface area contributed by atoms with Crippen LogP contribution in [0.2, 0.25) is 0 Å². The summed E-state index contributed by atoms with van der Waals surface area (Å²) in [6.45, 7) is 8.25. The molecule has 32 heavy (non-hydrogen) atoms. The number of urea groups is 1. The van der Waals surface area contributed by atoms with Crippen molar-refractivity contribution in [3.63, 3.8) is 0 Å². The van der Waals surface area contributed by atoms with Crippen molar-refractivity contribution in [1.82, 2.24) is 15.3 Å². The molecule has 0 bridgehead atoms. The molecule has 8 heteroatoms. The molecule has 2 amide bonds. The SMILES string of the molecule is CCNC(=O)Nc1ccc(-c2nc(N3CCOCC3)c3c(n2)C(C)(CC2CC2)OC3)cc1. The minimum atomic E-state index is -0.366. The number of nitrogens with one attached hydrogen (secondary N) is 2. The summed E-state index contributed by atoms with van der Waals surface area (Å²) in [7, 11) is 0. The van der Waals surface area contributed by atoms with E-state index in [1.807, 2.05) is 31.2 Å². The van der Waals surface area contributed by atoms with E-state index in [4.69, 9.17) is 19.4 Å². The number of amides is 2. The molecule has 2 aromatic rings. The highest BCUT2D eigenvalue weighted by Gasteiger charge is 2.44. The quantitative estimate of drug-likeness (QED) is 0.717. The van der Waals surface area contributed by atoms with E-state index in [1.165, 1.54) is 12.8 Å². The Bertz CT molecular complexity index is 986. The van der Waals surface area contributed by atoms with E-state index in [1.54, 1.807) is 0 Å². The number of fused-ring (bicyclic) bond motifs is 1. The lowest BCUT2D eigenvalue weighted by molar-refractivity contribution is -0.0356. The predicted molar refractivity (Wildman–Crippen MR) is 123 cm³/mol. The molecule has 1 aromatic carbocycles. The average molecular weight is 438 g/mol. The average Bonchev–Trinajstić information content (AvgIpc) is 3.56. The van der Waals surface area contributed by atoms with E-state index < -0.39 is 0 Å². The third-order valence-electron chi connectivity index (χ3n) is 6.45. The molecule has 2 fully saturated rings. The van der Waals surface area contributed by atoms with Crippen LogP contribution in [-0.2, 0) is 21.7 Å². The fourth-order valence-electron chi connectivity index (χ4n) is 4.57. The summed E-state index contributed by atoms with van der Waals surface area (Å²) in [5.41, 5.74) is 3.43. The first kappa shape index (κ1) is 21.2. The maximum atomic E-state index is 11.8. The summed E-state index contributed by atoms with van der Waals surface area (Å²) in [6.07, 6.45) is 3.57. The predicted octanol–water partition coefficient (Wildman–Crippen LogP) is 3.67. The monoisotopic (exact) mass is 437 g/mol. The van der Waals surface area contributed by atoms with Crippen LogP contribution < -0.4 is 15.5 Å². The number of benzene rings is 1. The summed E-state index contributed by atoms with van der Waals surface area (Å²) in [5, 5.41) is 5.57. The van der Waals surface area contributed by atoms with Crippen LogP contribution in [0.1, 0.15) is 44.4 Å². The molecular weight excluding hydrogens is 406 g/mol. The largest absolute Gasteiger partial charge is 0.378 e. The molecule has 2 N–H and O–H groups in total. The lowest BCUT2D eigenvalue weighted by Gasteiger charge is -2.30. The second-order valence-corrected chi connectivity index (χ2v) is 9.03. The van der Waals surface area contributed by atoms with E-state index in [0.717, 1.165) is 53.8 Å². The third-order valence-corrected chi connectivity index (χ3v) is 6.45. The van der Waals surface area contributed by atoms with Gasteiger partial charge in [0.05, 0.1) is 25.5 Å². The molecule has 1 unspecified atom stereocenters. The number of carbonyl (C=O) groups excluding carboxylic acids is 1.